The number of allylic oxidation sites excluding steroid dienone is 1. The normalized spacial score (nSPS) is 12.2. The minimum atomic E-state index is -0.162. The van der Waals surface area contributed by atoms with Gasteiger partial charge in [0.1, 0.15) is 12.6 Å². The van der Waals surface area contributed by atoms with Gasteiger partial charge in [-0.05, 0) is 30.2 Å². The molecule has 0 saturated heterocycles. The molecule has 2 aromatic carbocycles. The van der Waals surface area contributed by atoms with Gasteiger partial charge in [0.15, 0.2) is 18.1 Å². The summed E-state index contributed by atoms with van der Waals surface area (Å²) < 4.78 is 11.1. The molecule has 0 fully saturated rings. The Morgan fingerprint density at radius 1 is 1.15 bits per heavy atom. The number of amides is 1. The number of carbonyl (C=O) groups is 1. The summed E-state index contributed by atoms with van der Waals surface area (Å²) in [6.45, 7) is 2.68. The number of carbonyl (C=O) groups excluding carboxylic acids is 1. The Morgan fingerprint density at radius 2 is 1.89 bits per heavy atom. The van der Waals surface area contributed by atoms with E-state index in [1.807, 2.05) is 67.6 Å². The van der Waals surface area contributed by atoms with Gasteiger partial charge >= 0.3 is 0 Å². The summed E-state index contributed by atoms with van der Waals surface area (Å²) in [6.07, 6.45) is 3.94. The van der Waals surface area contributed by atoms with E-state index < -0.39 is 0 Å². The van der Waals surface area contributed by atoms with Crippen LogP contribution in [-0.2, 0) is 4.79 Å². The van der Waals surface area contributed by atoms with Gasteiger partial charge in [-0.15, -0.1) is 0 Å². The first-order valence-corrected chi connectivity index (χ1v) is 9.10. The van der Waals surface area contributed by atoms with E-state index in [2.05, 4.69) is 19.4 Å². The van der Waals surface area contributed by atoms with Crippen LogP contribution in [-0.4, -0.2) is 40.3 Å². The molecule has 5 heteroatoms. The molecule has 1 amide bonds. The lowest BCUT2D eigenvalue weighted by molar-refractivity contribution is -0.860. The van der Waals surface area contributed by atoms with Crippen molar-refractivity contribution < 1.29 is 19.2 Å². The maximum atomic E-state index is 12.5. The highest BCUT2D eigenvalue weighted by molar-refractivity contribution is 5.78. The Bertz CT molecular complexity index is 757. The number of benzene rings is 2. The van der Waals surface area contributed by atoms with Crippen molar-refractivity contribution in [3.8, 4) is 11.5 Å². The van der Waals surface area contributed by atoms with E-state index in [1.165, 1.54) is 4.90 Å². The maximum absolute atomic E-state index is 12.5. The summed E-state index contributed by atoms with van der Waals surface area (Å²) in [5.41, 5.74) is 2.10. The van der Waals surface area contributed by atoms with Crippen molar-refractivity contribution in [2.75, 3.05) is 34.4 Å². The minimum absolute atomic E-state index is 0.0636. The molecule has 5 nitrogen and oxygen atoms in total. The highest BCUT2D eigenvalue weighted by Gasteiger charge is 2.18. The van der Waals surface area contributed by atoms with E-state index in [1.54, 1.807) is 7.11 Å². The monoisotopic (exact) mass is 369 g/mol. The third kappa shape index (κ3) is 6.46. The minimum Gasteiger partial charge on any atom is -0.493 e. The second-order valence-electron chi connectivity index (χ2n) is 6.64. The highest BCUT2D eigenvalue weighted by Crippen LogP contribution is 2.28. The number of nitrogens with one attached hydrogen (secondary N) is 2. The Morgan fingerprint density at radius 3 is 2.52 bits per heavy atom. The van der Waals surface area contributed by atoms with E-state index in [4.69, 9.17) is 9.47 Å². The van der Waals surface area contributed by atoms with Gasteiger partial charge in [0.25, 0.3) is 5.91 Å². The van der Waals surface area contributed by atoms with Gasteiger partial charge in [0.05, 0.1) is 21.2 Å². The molecule has 0 radical (unpaired) electrons. The molecule has 0 aliphatic carbocycles. The zero-order valence-corrected chi connectivity index (χ0v) is 16.5. The fourth-order valence-electron chi connectivity index (χ4n) is 2.82. The molecule has 2 aromatic rings. The lowest BCUT2D eigenvalue weighted by Crippen LogP contribution is -3.06. The predicted molar refractivity (Wildman–Crippen MR) is 108 cm³/mol. The van der Waals surface area contributed by atoms with E-state index in [0.717, 1.165) is 17.7 Å². The van der Waals surface area contributed by atoms with Crippen LogP contribution in [0.25, 0.3) is 6.08 Å². The van der Waals surface area contributed by atoms with E-state index in [9.17, 15) is 4.79 Å². The lowest BCUT2D eigenvalue weighted by Gasteiger charge is -2.21. The van der Waals surface area contributed by atoms with Crippen molar-refractivity contribution in [2.45, 2.75) is 13.0 Å². The molecule has 0 aliphatic heterocycles. The van der Waals surface area contributed by atoms with Gasteiger partial charge in [-0.3, -0.25) is 4.79 Å². The molecule has 0 spiro atoms. The van der Waals surface area contributed by atoms with Crippen LogP contribution in [0, 0.1) is 0 Å². The number of methoxy groups -OCH3 is 1. The third-order valence-corrected chi connectivity index (χ3v) is 4.06. The molecule has 0 unspecified atom stereocenters. The van der Waals surface area contributed by atoms with Gasteiger partial charge in [0.2, 0.25) is 0 Å². The van der Waals surface area contributed by atoms with Crippen molar-refractivity contribution in [3.63, 3.8) is 0 Å². The molecule has 0 bridgehead atoms. The summed E-state index contributed by atoms with van der Waals surface area (Å²) in [5.74, 6) is 0.996. The molecule has 0 saturated carbocycles. The fourth-order valence-corrected chi connectivity index (χ4v) is 2.82. The summed E-state index contributed by atoms with van der Waals surface area (Å²) in [4.78, 5) is 13.7. The smallest absolute Gasteiger partial charge is 0.258 e. The number of likely N-dealkylation sites (N-methyl/N-ethyl adjacent to an activating group) is 1. The highest BCUT2D eigenvalue weighted by atomic mass is 16.5. The first-order chi connectivity index (χ1) is 13.0. The fraction of sp³-hybridized carbons (Fsp3) is 0.318. The Hall–Kier alpha value is -2.79. The van der Waals surface area contributed by atoms with E-state index >= 15 is 0 Å². The topological polar surface area (TPSA) is 52.0 Å². The second kappa shape index (κ2) is 10.4. The molecule has 0 heterocycles. The largest absolute Gasteiger partial charge is 0.493 e. The van der Waals surface area contributed by atoms with Crippen molar-refractivity contribution in [1.29, 1.82) is 0 Å². The number of quaternary nitrogens is 1. The Balaban J connectivity index is 2.01. The molecular weight excluding hydrogens is 340 g/mol. The molecule has 27 heavy (non-hydrogen) atoms. The lowest BCUT2D eigenvalue weighted by atomic mass is 10.1. The number of ether oxygens (including phenoxy) is 2. The van der Waals surface area contributed by atoms with Crippen LogP contribution in [0.5, 0.6) is 11.5 Å². The van der Waals surface area contributed by atoms with Crippen LogP contribution < -0.4 is 19.7 Å². The van der Waals surface area contributed by atoms with Gasteiger partial charge in [-0.1, -0.05) is 48.6 Å². The van der Waals surface area contributed by atoms with Crippen molar-refractivity contribution in [1.82, 2.24) is 5.32 Å². The van der Waals surface area contributed by atoms with Crippen LogP contribution in [0.4, 0.5) is 0 Å². The van der Waals surface area contributed by atoms with Gasteiger partial charge in [0, 0.05) is 0 Å². The molecule has 0 aromatic heterocycles. The Labute approximate surface area is 161 Å². The SMILES string of the molecule is C/C=C/c1ccc(OCC(=O)N[C@H](C[NH+](C)C)c2ccccc2)c(OC)c1. The van der Waals surface area contributed by atoms with Crippen molar-refractivity contribution in [2.24, 2.45) is 0 Å². The van der Waals surface area contributed by atoms with E-state index in [-0.39, 0.29) is 18.6 Å². The zero-order chi connectivity index (χ0) is 19.6. The molecule has 1 atom stereocenters. The average molecular weight is 369 g/mol. The van der Waals surface area contributed by atoms with Crippen LogP contribution in [0.1, 0.15) is 24.1 Å². The second-order valence-corrected chi connectivity index (χ2v) is 6.64. The number of hydrogen-bond acceptors (Lipinski definition) is 3. The average Bonchev–Trinajstić information content (AvgIpc) is 2.67. The standard InChI is InChI=1S/C22H28N2O3/c1-5-9-17-12-13-20(21(14-17)26-4)27-16-22(25)23-19(15-24(2)3)18-10-7-6-8-11-18/h5-14,19H,15-16H2,1-4H3,(H,23,25)/p+1/b9-5+/t19-/m1/s1. The molecular formula is C22H29N2O3+. The summed E-state index contributed by atoms with van der Waals surface area (Å²) in [7, 11) is 5.72. The van der Waals surface area contributed by atoms with Gasteiger partial charge < -0.3 is 19.7 Å². The van der Waals surface area contributed by atoms with Crippen molar-refractivity contribution in [3.05, 3.63) is 65.7 Å². The number of rotatable bonds is 9. The van der Waals surface area contributed by atoms with Crippen LogP contribution in [0.3, 0.4) is 0 Å². The summed E-state index contributed by atoms with van der Waals surface area (Å²) in [5, 5.41) is 3.07. The first-order valence-electron chi connectivity index (χ1n) is 9.10. The molecule has 0 aliphatic rings. The predicted octanol–water partition coefficient (Wildman–Crippen LogP) is 2.11. The molecule has 2 N–H and O–H groups in total. The summed E-state index contributed by atoms with van der Waals surface area (Å²) >= 11 is 0. The van der Waals surface area contributed by atoms with Crippen LogP contribution >= 0.6 is 0 Å². The van der Waals surface area contributed by atoms with Gasteiger partial charge in [-0.2, -0.15) is 0 Å². The zero-order valence-electron chi connectivity index (χ0n) is 16.5. The third-order valence-electron chi connectivity index (χ3n) is 4.06. The Kier molecular flexibility index (Phi) is 7.89. The van der Waals surface area contributed by atoms with E-state index in [0.29, 0.717) is 11.5 Å². The summed E-state index contributed by atoms with van der Waals surface area (Å²) in [6, 6.07) is 15.5. The van der Waals surface area contributed by atoms with Gasteiger partial charge in [-0.25, -0.2) is 0 Å². The quantitative estimate of drug-likeness (QED) is 0.712. The van der Waals surface area contributed by atoms with Crippen molar-refractivity contribution >= 4 is 12.0 Å². The van der Waals surface area contributed by atoms with Crippen LogP contribution in [0.15, 0.2) is 54.6 Å². The maximum Gasteiger partial charge on any atom is 0.258 e. The first kappa shape index (κ1) is 20.5. The molecule has 2 rings (SSSR count). The number of hydrogen-bond donors (Lipinski definition) is 2. The van der Waals surface area contributed by atoms with Crippen LogP contribution in [0.2, 0.25) is 0 Å². The molecule has 144 valence electrons.